The third-order valence-electron chi connectivity index (χ3n) is 2.37. The molecule has 0 saturated carbocycles. The molecule has 0 spiro atoms. The van der Waals surface area contributed by atoms with E-state index in [2.05, 4.69) is 27.5 Å². The van der Waals surface area contributed by atoms with Gasteiger partial charge in [-0.05, 0) is 12.5 Å². The number of hydrogen-bond donors (Lipinski definition) is 3. The third kappa shape index (κ3) is 3.59. The summed E-state index contributed by atoms with van der Waals surface area (Å²) in [4.78, 5) is 18.0. The number of H-pyrrole nitrogens is 1. The second-order valence-electron chi connectivity index (χ2n) is 3.88. The van der Waals surface area contributed by atoms with Crippen molar-refractivity contribution in [1.29, 1.82) is 0 Å². The number of hydrogen-bond acceptors (Lipinski definition) is 5. The van der Waals surface area contributed by atoms with Crippen molar-refractivity contribution in [1.82, 2.24) is 9.97 Å². The minimum Gasteiger partial charge on any atom is -0.379 e. The quantitative estimate of drug-likeness (QED) is 0.748. The van der Waals surface area contributed by atoms with E-state index in [1.54, 1.807) is 6.20 Å². The Balaban J connectivity index is 1.94. The van der Waals surface area contributed by atoms with Gasteiger partial charge in [0.2, 0.25) is 0 Å². The van der Waals surface area contributed by atoms with Gasteiger partial charge in [0.25, 0.3) is 0 Å². The van der Waals surface area contributed by atoms with Crippen LogP contribution in [0.25, 0.3) is 0 Å². The van der Waals surface area contributed by atoms with Gasteiger partial charge in [0.05, 0.1) is 6.54 Å². The smallest absolute Gasteiger partial charge is 0.304 e. The molecule has 0 saturated heterocycles. The molecule has 0 aliphatic carbocycles. The maximum absolute atomic E-state index is 11.0. The van der Waals surface area contributed by atoms with E-state index in [0.29, 0.717) is 6.54 Å². The van der Waals surface area contributed by atoms with Gasteiger partial charge in [-0.3, -0.25) is 4.79 Å². The summed E-state index contributed by atoms with van der Waals surface area (Å²) in [6, 6.07) is 3.86. The topological polar surface area (TPSA) is 69.8 Å². The van der Waals surface area contributed by atoms with Crippen LogP contribution in [0.1, 0.15) is 19.0 Å². The summed E-state index contributed by atoms with van der Waals surface area (Å²) in [6.07, 6.45) is 2.83. The standard InChI is InChI=1S/C12H16N4OS/c1-2-4-13-11-6-9(3-5-14-11)15-7-10-8-18-12(17)16-10/h3,5-6,8H,2,4,7H2,1H3,(H,16,17)(H2,13,14,15). The van der Waals surface area contributed by atoms with E-state index in [4.69, 9.17) is 0 Å². The second-order valence-corrected chi connectivity index (χ2v) is 4.73. The second kappa shape index (κ2) is 6.20. The maximum atomic E-state index is 11.0. The molecule has 0 bridgehead atoms. The Morgan fingerprint density at radius 1 is 1.44 bits per heavy atom. The van der Waals surface area contributed by atoms with E-state index in [0.717, 1.165) is 30.2 Å². The van der Waals surface area contributed by atoms with Crippen LogP contribution in [0.2, 0.25) is 0 Å². The number of aromatic amines is 1. The molecular weight excluding hydrogens is 248 g/mol. The van der Waals surface area contributed by atoms with Gasteiger partial charge in [0.15, 0.2) is 0 Å². The summed E-state index contributed by atoms with van der Waals surface area (Å²) in [5.41, 5.74) is 1.88. The van der Waals surface area contributed by atoms with Crippen molar-refractivity contribution in [3.63, 3.8) is 0 Å². The van der Waals surface area contributed by atoms with Crippen LogP contribution in [0.4, 0.5) is 11.5 Å². The Kier molecular flexibility index (Phi) is 4.35. The molecule has 6 heteroatoms. The number of aromatic nitrogens is 2. The molecule has 0 unspecified atom stereocenters. The monoisotopic (exact) mass is 264 g/mol. The Morgan fingerprint density at radius 3 is 3.06 bits per heavy atom. The molecule has 0 atom stereocenters. The lowest BCUT2D eigenvalue weighted by atomic mass is 10.3. The zero-order valence-electron chi connectivity index (χ0n) is 10.2. The van der Waals surface area contributed by atoms with Crippen LogP contribution in [-0.4, -0.2) is 16.5 Å². The molecule has 2 rings (SSSR count). The van der Waals surface area contributed by atoms with Gasteiger partial charge in [-0.2, -0.15) is 0 Å². The van der Waals surface area contributed by atoms with Gasteiger partial charge < -0.3 is 15.6 Å². The van der Waals surface area contributed by atoms with Crippen molar-refractivity contribution in [2.24, 2.45) is 0 Å². The molecule has 18 heavy (non-hydrogen) atoms. The Labute approximate surface area is 109 Å². The first-order valence-electron chi connectivity index (χ1n) is 5.88. The highest BCUT2D eigenvalue weighted by Crippen LogP contribution is 2.12. The number of anilines is 2. The van der Waals surface area contributed by atoms with Crippen LogP contribution in [0, 0.1) is 0 Å². The third-order valence-corrected chi connectivity index (χ3v) is 3.09. The van der Waals surface area contributed by atoms with Crippen LogP contribution in [0.5, 0.6) is 0 Å². The molecule has 0 amide bonds. The van der Waals surface area contributed by atoms with Crippen molar-refractivity contribution in [3.05, 3.63) is 39.1 Å². The highest BCUT2D eigenvalue weighted by atomic mass is 32.1. The molecule has 2 aromatic heterocycles. The zero-order chi connectivity index (χ0) is 12.8. The fourth-order valence-corrected chi connectivity index (χ4v) is 2.07. The zero-order valence-corrected chi connectivity index (χ0v) is 11.0. The first kappa shape index (κ1) is 12.6. The summed E-state index contributed by atoms with van der Waals surface area (Å²) in [5, 5.41) is 8.30. The van der Waals surface area contributed by atoms with E-state index < -0.39 is 0 Å². The molecule has 0 fully saturated rings. The van der Waals surface area contributed by atoms with Crippen LogP contribution in [0.15, 0.2) is 28.5 Å². The Morgan fingerprint density at radius 2 is 2.33 bits per heavy atom. The van der Waals surface area contributed by atoms with Crippen LogP contribution >= 0.6 is 11.3 Å². The van der Waals surface area contributed by atoms with Crippen molar-refractivity contribution in [3.8, 4) is 0 Å². The predicted molar refractivity (Wildman–Crippen MR) is 75.3 cm³/mol. The number of rotatable bonds is 6. The molecule has 3 N–H and O–H groups in total. The Bertz CT molecular complexity index is 549. The van der Waals surface area contributed by atoms with Gasteiger partial charge in [-0.1, -0.05) is 18.3 Å². The van der Waals surface area contributed by atoms with E-state index in [1.165, 1.54) is 11.3 Å². The van der Waals surface area contributed by atoms with E-state index in [-0.39, 0.29) is 4.87 Å². The average Bonchev–Trinajstić information content (AvgIpc) is 2.80. The maximum Gasteiger partial charge on any atom is 0.304 e. The minimum absolute atomic E-state index is 0.0215. The van der Waals surface area contributed by atoms with Crippen LogP contribution in [0.3, 0.4) is 0 Å². The van der Waals surface area contributed by atoms with Crippen LogP contribution < -0.4 is 15.5 Å². The highest BCUT2D eigenvalue weighted by Gasteiger charge is 1.99. The normalized spacial score (nSPS) is 10.3. The fourth-order valence-electron chi connectivity index (χ4n) is 1.49. The average molecular weight is 264 g/mol. The number of nitrogens with one attached hydrogen (secondary N) is 3. The molecule has 0 radical (unpaired) electrons. The molecule has 5 nitrogen and oxygen atoms in total. The van der Waals surface area contributed by atoms with Crippen LogP contribution in [-0.2, 0) is 6.54 Å². The Hall–Kier alpha value is -1.82. The van der Waals surface area contributed by atoms with E-state index >= 15 is 0 Å². The van der Waals surface area contributed by atoms with Gasteiger partial charge in [-0.15, -0.1) is 0 Å². The minimum atomic E-state index is -0.0215. The molecule has 0 aliphatic rings. The van der Waals surface area contributed by atoms with Gasteiger partial charge in [0.1, 0.15) is 5.82 Å². The van der Waals surface area contributed by atoms with Crippen molar-refractivity contribution in [2.75, 3.05) is 17.2 Å². The number of nitrogens with zero attached hydrogens (tertiary/aromatic N) is 1. The summed E-state index contributed by atoms with van der Waals surface area (Å²) in [6.45, 7) is 3.63. The predicted octanol–water partition coefficient (Wildman–Crippen LogP) is 2.27. The summed E-state index contributed by atoms with van der Waals surface area (Å²) < 4.78 is 0. The fraction of sp³-hybridized carbons (Fsp3) is 0.333. The summed E-state index contributed by atoms with van der Waals surface area (Å²) >= 11 is 1.18. The summed E-state index contributed by atoms with van der Waals surface area (Å²) in [5.74, 6) is 0.862. The van der Waals surface area contributed by atoms with Crippen molar-refractivity contribution in [2.45, 2.75) is 19.9 Å². The molecule has 2 heterocycles. The largest absolute Gasteiger partial charge is 0.379 e. The SMILES string of the molecule is CCCNc1cc(NCc2csc(=O)[nH]2)ccn1. The van der Waals surface area contributed by atoms with E-state index in [9.17, 15) is 4.79 Å². The molecule has 96 valence electrons. The molecule has 0 aromatic carbocycles. The number of thiazole rings is 1. The highest BCUT2D eigenvalue weighted by molar-refractivity contribution is 7.07. The van der Waals surface area contributed by atoms with Crippen molar-refractivity contribution < 1.29 is 0 Å². The van der Waals surface area contributed by atoms with E-state index in [1.807, 2.05) is 17.5 Å². The summed E-state index contributed by atoms with van der Waals surface area (Å²) in [7, 11) is 0. The van der Waals surface area contributed by atoms with Gasteiger partial charge >= 0.3 is 4.87 Å². The number of pyridine rings is 1. The first-order valence-corrected chi connectivity index (χ1v) is 6.76. The molecule has 2 aromatic rings. The van der Waals surface area contributed by atoms with Gasteiger partial charge in [0, 0.05) is 35.6 Å². The lowest BCUT2D eigenvalue weighted by Crippen LogP contribution is -2.05. The molecule has 0 aliphatic heterocycles. The lowest BCUT2D eigenvalue weighted by molar-refractivity contribution is 0.968. The lowest BCUT2D eigenvalue weighted by Gasteiger charge is -2.08. The molecular formula is C12H16N4OS. The first-order chi connectivity index (χ1) is 8.78. The van der Waals surface area contributed by atoms with Gasteiger partial charge in [-0.25, -0.2) is 4.98 Å². The van der Waals surface area contributed by atoms with Crippen molar-refractivity contribution >= 4 is 22.8 Å².